The fourth-order valence-electron chi connectivity index (χ4n) is 4.11. The molecule has 2 aromatic carbocycles. The van der Waals surface area contributed by atoms with Crippen LogP contribution >= 0.6 is 15.9 Å². The van der Waals surface area contributed by atoms with Crippen LogP contribution in [0.25, 0.3) is 0 Å². The maximum absolute atomic E-state index is 13.5. The van der Waals surface area contributed by atoms with Crippen molar-refractivity contribution in [2.75, 3.05) is 6.54 Å². The average molecular weight is 432 g/mol. The van der Waals surface area contributed by atoms with Crippen LogP contribution in [0.15, 0.2) is 54.6 Å². The van der Waals surface area contributed by atoms with E-state index in [9.17, 15) is 9.18 Å². The highest BCUT2D eigenvalue weighted by molar-refractivity contribution is 9.09. The van der Waals surface area contributed by atoms with E-state index in [1.54, 1.807) is 12.1 Å². The molecule has 2 fully saturated rings. The van der Waals surface area contributed by atoms with Crippen LogP contribution in [0.1, 0.15) is 30.0 Å². The van der Waals surface area contributed by atoms with Gasteiger partial charge in [0.15, 0.2) is 0 Å². The summed E-state index contributed by atoms with van der Waals surface area (Å²) in [5.74, 6) is -0.127. The molecule has 4 atom stereocenters. The third kappa shape index (κ3) is 3.93. The van der Waals surface area contributed by atoms with Gasteiger partial charge < -0.3 is 4.90 Å². The van der Waals surface area contributed by atoms with Crippen molar-refractivity contribution < 1.29 is 9.18 Å². The number of carbonyl (C=O) groups excluding carboxylic acids is 1. The van der Waals surface area contributed by atoms with Crippen molar-refractivity contribution in [3.8, 4) is 0 Å². The van der Waals surface area contributed by atoms with E-state index in [-0.39, 0.29) is 34.7 Å². The highest BCUT2D eigenvalue weighted by Gasteiger charge is 2.43. The molecule has 0 aliphatic carbocycles. The molecular weight excluding hydrogens is 409 g/mol. The Labute approximate surface area is 167 Å². The molecule has 0 saturated carbocycles. The van der Waals surface area contributed by atoms with E-state index in [0.29, 0.717) is 6.42 Å². The predicted octanol–water partition coefficient (Wildman–Crippen LogP) is 3.34. The van der Waals surface area contributed by atoms with Crippen LogP contribution in [0, 0.1) is 5.82 Å². The molecule has 4 unspecified atom stereocenters. The summed E-state index contributed by atoms with van der Waals surface area (Å²) in [4.78, 5) is 15.1. The summed E-state index contributed by atoms with van der Waals surface area (Å²) < 4.78 is 13.5. The fourth-order valence-corrected chi connectivity index (χ4v) is 4.91. The zero-order chi connectivity index (χ0) is 18.8. The van der Waals surface area contributed by atoms with Gasteiger partial charge in [0, 0.05) is 12.6 Å². The van der Waals surface area contributed by atoms with Crippen LogP contribution in [-0.2, 0) is 11.2 Å². The Hall–Kier alpha value is -1.76. The van der Waals surface area contributed by atoms with Gasteiger partial charge in [0.05, 0.1) is 10.9 Å². The maximum atomic E-state index is 13.5. The van der Waals surface area contributed by atoms with Crippen molar-refractivity contribution in [2.45, 2.75) is 42.2 Å². The number of amides is 1. The number of hydrogen-bond acceptors (Lipinski definition) is 3. The van der Waals surface area contributed by atoms with Crippen LogP contribution in [-0.4, -0.2) is 34.3 Å². The largest absolute Gasteiger partial charge is 0.338 e. The number of carbonyl (C=O) groups is 1. The summed E-state index contributed by atoms with van der Waals surface area (Å²) in [5, 5.41) is 0. The lowest BCUT2D eigenvalue weighted by Gasteiger charge is -2.28. The average Bonchev–Trinajstić information content (AvgIpc) is 3.28. The molecule has 2 aliphatic rings. The van der Waals surface area contributed by atoms with Crippen LogP contribution in [0.2, 0.25) is 0 Å². The molecule has 1 amide bonds. The molecule has 0 bridgehead atoms. The third-order valence-electron chi connectivity index (χ3n) is 5.48. The van der Waals surface area contributed by atoms with E-state index in [0.717, 1.165) is 30.5 Å². The van der Waals surface area contributed by atoms with Crippen LogP contribution < -0.4 is 10.9 Å². The summed E-state index contributed by atoms with van der Waals surface area (Å²) in [7, 11) is 0. The Morgan fingerprint density at radius 3 is 2.74 bits per heavy atom. The first kappa shape index (κ1) is 18.6. The van der Waals surface area contributed by atoms with Gasteiger partial charge in [-0.1, -0.05) is 58.4 Å². The fraction of sp³-hybridized carbons (Fsp3) is 0.381. The first-order chi connectivity index (χ1) is 13.1. The minimum atomic E-state index is -0.330. The first-order valence-corrected chi connectivity index (χ1v) is 10.3. The molecule has 2 N–H and O–H groups in total. The Morgan fingerprint density at radius 2 is 1.96 bits per heavy atom. The molecule has 2 heterocycles. The Balaban J connectivity index is 1.45. The third-order valence-corrected chi connectivity index (χ3v) is 6.53. The number of nitrogens with one attached hydrogen (secondary N) is 2. The molecule has 2 aromatic rings. The van der Waals surface area contributed by atoms with Crippen molar-refractivity contribution in [3.63, 3.8) is 0 Å². The second-order valence-corrected chi connectivity index (χ2v) is 8.32. The summed E-state index contributed by atoms with van der Waals surface area (Å²) in [6.07, 6.45) is 2.64. The number of benzene rings is 2. The van der Waals surface area contributed by atoms with Gasteiger partial charge in [-0.05, 0) is 42.5 Å². The van der Waals surface area contributed by atoms with Crippen molar-refractivity contribution in [3.05, 3.63) is 71.5 Å². The van der Waals surface area contributed by atoms with E-state index >= 15 is 0 Å². The van der Waals surface area contributed by atoms with Crippen LogP contribution in [0.3, 0.4) is 0 Å². The molecule has 142 valence electrons. The zero-order valence-electron chi connectivity index (χ0n) is 14.9. The molecule has 4 nitrogen and oxygen atoms in total. The SMILES string of the molecule is O=C(C1NNC(c2ccccc2)C1Br)N1CCCC1Cc1cccc(F)c1. The highest BCUT2D eigenvalue weighted by atomic mass is 79.9. The summed E-state index contributed by atoms with van der Waals surface area (Å²) in [5.41, 5.74) is 8.51. The van der Waals surface area contributed by atoms with Gasteiger partial charge in [-0.3, -0.25) is 4.79 Å². The van der Waals surface area contributed by atoms with Gasteiger partial charge in [-0.25, -0.2) is 15.2 Å². The normalized spacial score (nSPS) is 27.9. The number of hydrazine groups is 1. The molecule has 2 aliphatic heterocycles. The Morgan fingerprint density at radius 1 is 1.15 bits per heavy atom. The molecule has 4 rings (SSSR count). The lowest BCUT2D eigenvalue weighted by Crippen LogP contribution is -2.50. The van der Waals surface area contributed by atoms with Gasteiger partial charge in [0.2, 0.25) is 5.91 Å². The van der Waals surface area contributed by atoms with Crippen molar-refractivity contribution >= 4 is 21.8 Å². The number of halogens is 2. The van der Waals surface area contributed by atoms with Crippen molar-refractivity contribution in [1.82, 2.24) is 15.8 Å². The number of likely N-dealkylation sites (tertiary alicyclic amines) is 1. The molecule has 0 radical (unpaired) electrons. The lowest BCUT2D eigenvalue weighted by molar-refractivity contribution is -0.133. The highest BCUT2D eigenvalue weighted by Crippen LogP contribution is 2.31. The van der Waals surface area contributed by atoms with Gasteiger partial charge >= 0.3 is 0 Å². The smallest absolute Gasteiger partial charge is 0.242 e. The van der Waals surface area contributed by atoms with E-state index < -0.39 is 0 Å². The topological polar surface area (TPSA) is 44.4 Å². The lowest BCUT2D eigenvalue weighted by atomic mass is 10.00. The second kappa shape index (κ2) is 8.09. The number of hydrogen-bond donors (Lipinski definition) is 2. The Bertz CT molecular complexity index is 803. The molecule has 2 saturated heterocycles. The van der Waals surface area contributed by atoms with Crippen LogP contribution in [0.4, 0.5) is 4.39 Å². The van der Waals surface area contributed by atoms with E-state index in [2.05, 4.69) is 38.9 Å². The van der Waals surface area contributed by atoms with E-state index in [4.69, 9.17) is 0 Å². The molecule has 27 heavy (non-hydrogen) atoms. The number of nitrogens with zero attached hydrogens (tertiary/aromatic N) is 1. The van der Waals surface area contributed by atoms with E-state index in [1.807, 2.05) is 29.2 Å². The standard InChI is InChI=1S/C21H23BrFN3O/c22-18-19(15-7-2-1-3-8-15)24-25-20(18)21(27)26-11-5-10-17(26)13-14-6-4-9-16(23)12-14/h1-4,6-9,12,17-20,24-25H,5,10-11,13H2. The van der Waals surface area contributed by atoms with Crippen LogP contribution in [0.5, 0.6) is 0 Å². The quantitative estimate of drug-likeness (QED) is 0.729. The minimum absolute atomic E-state index is 0.0319. The van der Waals surface area contributed by atoms with Gasteiger partial charge in [-0.2, -0.15) is 0 Å². The second-order valence-electron chi connectivity index (χ2n) is 7.26. The predicted molar refractivity (Wildman–Crippen MR) is 107 cm³/mol. The maximum Gasteiger partial charge on any atom is 0.242 e. The molecule has 0 spiro atoms. The number of rotatable bonds is 4. The zero-order valence-corrected chi connectivity index (χ0v) is 16.5. The number of alkyl halides is 1. The van der Waals surface area contributed by atoms with Crippen molar-refractivity contribution in [1.29, 1.82) is 0 Å². The minimum Gasteiger partial charge on any atom is -0.338 e. The monoisotopic (exact) mass is 431 g/mol. The molecule has 6 heteroatoms. The first-order valence-electron chi connectivity index (χ1n) is 9.38. The molecule has 0 aromatic heterocycles. The summed E-state index contributed by atoms with van der Waals surface area (Å²) in [6, 6.07) is 16.6. The van der Waals surface area contributed by atoms with Gasteiger partial charge in [0.25, 0.3) is 0 Å². The Kier molecular flexibility index (Phi) is 5.57. The van der Waals surface area contributed by atoms with Crippen molar-refractivity contribution in [2.24, 2.45) is 0 Å². The summed E-state index contributed by atoms with van der Waals surface area (Å²) in [6.45, 7) is 0.757. The van der Waals surface area contributed by atoms with Gasteiger partial charge in [0.1, 0.15) is 11.9 Å². The van der Waals surface area contributed by atoms with Gasteiger partial charge in [-0.15, -0.1) is 0 Å². The van der Waals surface area contributed by atoms with E-state index in [1.165, 1.54) is 6.07 Å². The molecular formula is C21H23BrFN3O. The summed E-state index contributed by atoms with van der Waals surface area (Å²) >= 11 is 3.73.